The molecule has 0 spiro atoms. The van der Waals surface area contributed by atoms with Crippen molar-refractivity contribution in [2.45, 2.75) is 25.2 Å². The van der Waals surface area contributed by atoms with Crippen LogP contribution in [0.5, 0.6) is 0 Å². The minimum absolute atomic E-state index is 0.250. The summed E-state index contributed by atoms with van der Waals surface area (Å²) < 4.78 is 7.41. The topological polar surface area (TPSA) is 67.6 Å². The summed E-state index contributed by atoms with van der Waals surface area (Å²) in [5, 5.41) is 9.32. The molecule has 1 N–H and O–H groups in total. The lowest BCUT2D eigenvalue weighted by Gasteiger charge is -2.29. The molecule has 152 valence electrons. The van der Waals surface area contributed by atoms with Gasteiger partial charge < -0.3 is 14.7 Å². The molecule has 0 unspecified atom stereocenters. The van der Waals surface area contributed by atoms with E-state index in [-0.39, 0.29) is 5.56 Å². The van der Waals surface area contributed by atoms with Gasteiger partial charge in [-0.1, -0.05) is 12.1 Å². The second-order valence-corrected chi connectivity index (χ2v) is 7.79. The molecule has 1 aliphatic heterocycles. The summed E-state index contributed by atoms with van der Waals surface area (Å²) in [6.07, 6.45) is 3.00. The lowest BCUT2D eigenvalue weighted by atomic mass is 9.89. The van der Waals surface area contributed by atoms with Gasteiger partial charge in [-0.25, -0.2) is 9.78 Å². The maximum atomic E-state index is 11.4. The van der Waals surface area contributed by atoms with Gasteiger partial charge in [-0.15, -0.1) is 0 Å². The van der Waals surface area contributed by atoms with E-state index in [4.69, 9.17) is 9.72 Å². The number of methoxy groups -OCH3 is 1. The summed E-state index contributed by atoms with van der Waals surface area (Å²) in [7, 11) is 3.86. The Hall–Kier alpha value is -2.70. The van der Waals surface area contributed by atoms with Crippen LogP contribution in [0.15, 0.2) is 42.5 Å². The van der Waals surface area contributed by atoms with Crippen molar-refractivity contribution < 1.29 is 14.6 Å². The molecular weight excluding hydrogens is 366 g/mol. The molecule has 1 aromatic heterocycles. The highest BCUT2D eigenvalue weighted by Gasteiger charge is 2.20. The Morgan fingerprint density at radius 3 is 2.72 bits per heavy atom. The molecule has 0 atom stereocenters. The van der Waals surface area contributed by atoms with Gasteiger partial charge in [0.25, 0.3) is 0 Å². The molecule has 1 fully saturated rings. The number of ether oxygens (including phenoxy) is 1. The molecule has 6 nitrogen and oxygen atoms in total. The number of rotatable bonds is 6. The normalized spacial score (nSPS) is 15.8. The molecule has 29 heavy (non-hydrogen) atoms. The molecule has 0 radical (unpaired) electrons. The number of aromatic carboxylic acids is 1. The van der Waals surface area contributed by atoms with Crippen LogP contribution in [-0.2, 0) is 11.2 Å². The van der Waals surface area contributed by atoms with Crippen molar-refractivity contribution in [2.24, 2.45) is 0 Å². The van der Waals surface area contributed by atoms with Crippen LogP contribution >= 0.6 is 0 Å². The summed E-state index contributed by atoms with van der Waals surface area (Å²) >= 11 is 0. The number of aromatic nitrogens is 2. The van der Waals surface area contributed by atoms with Gasteiger partial charge in [0.1, 0.15) is 5.82 Å². The van der Waals surface area contributed by atoms with Crippen LogP contribution in [0.1, 0.15) is 40.5 Å². The van der Waals surface area contributed by atoms with Crippen LogP contribution in [0.4, 0.5) is 0 Å². The molecule has 0 amide bonds. The fourth-order valence-electron chi connectivity index (χ4n) is 4.17. The van der Waals surface area contributed by atoms with E-state index in [1.807, 2.05) is 6.07 Å². The van der Waals surface area contributed by atoms with Crippen molar-refractivity contribution in [3.63, 3.8) is 0 Å². The molecule has 0 aliphatic carbocycles. The van der Waals surface area contributed by atoms with E-state index >= 15 is 0 Å². The van der Waals surface area contributed by atoms with Gasteiger partial charge >= 0.3 is 5.97 Å². The number of carbonyl (C=O) groups is 1. The van der Waals surface area contributed by atoms with E-state index in [9.17, 15) is 9.90 Å². The Bertz CT molecular complexity index is 1020. The number of fused-ring (bicyclic) bond motifs is 1. The number of benzene rings is 2. The second-order valence-electron chi connectivity index (χ2n) is 7.79. The number of nitrogens with zero attached hydrogens (tertiary/aromatic N) is 3. The Kier molecular flexibility index (Phi) is 5.65. The summed E-state index contributed by atoms with van der Waals surface area (Å²) in [6, 6.07) is 13.8. The molecule has 0 bridgehead atoms. The fraction of sp³-hybridized carbons (Fsp3) is 0.391. The molecular formula is C23H27N3O3. The van der Waals surface area contributed by atoms with Gasteiger partial charge in [-0.3, -0.25) is 4.57 Å². The number of carboxylic acid groups (broad SMARTS) is 1. The van der Waals surface area contributed by atoms with Gasteiger partial charge in [0, 0.05) is 19.2 Å². The lowest BCUT2D eigenvalue weighted by Crippen LogP contribution is -2.29. The zero-order chi connectivity index (χ0) is 20.4. The highest BCUT2D eigenvalue weighted by molar-refractivity contribution is 5.92. The average Bonchev–Trinajstić information content (AvgIpc) is 3.10. The van der Waals surface area contributed by atoms with E-state index in [1.54, 1.807) is 19.2 Å². The van der Waals surface area contributed by atoms with Crippen LogP contribution < -0.4 is 0 Å². The number of hydrogen-bond donors (Lipinski definition) is 1. The van der Waals surface area contributed by atoms with Gasteiger partial charge in [0.15, 0.2) is 0 Å². The van der Waals surface area contributed by atoms with Crippen LogP contribution in [-0.4, -0.2) is 59.4 Å². The summed E-state index contributed by atoms with van der Waals surface area (Å²) in [6.45, 7) is 2.81. The molecule has 2 aromatic carbocycles. The number of piperidine rings is 1. The second kappa shape index (κ2) is 8.35. The average molecular weight is 393 g/mol. The molecule has 4 rings (SSSR count). The lowest BCUT2D eigenvalue weighted by molar-refractivity contribution is 0.0697. The number of hydrogen-bond acceptors (Lipinski definition) is 4. The first-order chi connectivity index (χ1) is 14.1. The van der Waals surface area contributed by atoms with E-state index in [0.717, 1.165) is 30.1 Å². The Balaban J connectivity index is 1.77. The van der Waals surface area contributed by atoms with E-state index in [0.29, 0.717) is 24.5 Å². The predicted molar refractivity (Wildman–Crippen MR) is 113 cm³/mol. The molecule has 1 saturated heterocycles. The Morgan fingerprint density at radius 1 is 1.21 bits per heavy atom. The van der Waals surface area contributed by atoms with Crippen molar-refractivity contribution in [2.75, 3.05) is 33.9 Å². The van der Waals surface area contributed by atoms with Gasteiger partial charge in [-0.05, 0) is 74.8 Å². The standard InChI is InChI=1S/C23H27N3O3/c1-25-11-8-16(9-12-25)17-4-3-5-19(14-17)26-21-7-6-18(23(27)28)15-20(21)24-22(26)10-13-29-2/h3-7,14-16H,8-13H2,1-2H3,(H,27,28). The third kappa shape index (κ3) is 4.04. The largest absolute Gasteiger partial charge is 0.478 e. The van der Waals surface area contributed by atoms with Crippen molar-refractivity contribution >= 4 is 17.0 Å². The van der Waals surface area contributed by atoms with Crippen molar-refractivity contribution in [1.29, 1.82) is 0 Å². The molecule has 3 aromatic rings. The SMILES string of the molecule is COCCc1nc2cc(C(=O)O)ccc2n1-c1cccc(C2CCN(C)CC2)c1. The van der Waals surface area contributed by atoms with Crippen LogP contribution in [0.3, 0.4) is 0 Å². The van der Waals surface area contributed by atoms with Gasteiger partial charge in [0.2, 0.25) is 0 Å². The van der Waals surface area contributed by atoms with E-state index in [2.05, 4.69) is 40.8 Å². The highest BCUT2D eigenvalue weighted by Crippen LogP contribution is 2.30. The predicted octanol–water partition coefficient (Wildman–Crippen LogP) is 3.72. The third-order valence-electron chi connectivity index (χ3n) is 5.82. The number of carboxylic acids is 1. The summed E-state index contributed by atoms with van der Waals surface area (Å²) in [5.41, 5.74) is 4.29. The first-order valence-corrected chi connectivity index (χ1v) is 10.1. The molecule has 2 heterocycles. The Labute approximate surface area is 170 Å². The van der Waals surface area contributed by atoms with E-state index in [1.165, 1.54) is 18.4 Å². The van der Waals surface area contributed by atoms with Crippen molar-refractivity contribution in [3.8, 4) is 5.69 Å². The van der Waals surface area contributed by atoms with Crippen molar-refractivity contribution in [3.05, 3.63) is 59.4 Å². The van der Waals surface area contributed by atoms with Crippen LogP contribution in [0.25, 0.3) is 16.7 Å². The minimum Gasteiger partial charge on any atom is -0.478 e. The monoisotopic (exact) mass is 393 g/mol. The van der Waals surface area contributed by atoms with Crippen molar-refractivity contribution in [1.82, 2.24) is 14.5 Å². The summed E-state index contributed by atoms with van der Waals surface area (Å²) in [4.78, 5) is 18.5. The van der Waals surface area contributed by atoms with E-state index < -0.39 is 5.97 Å². The highest BCUT2D eigenvalue weighted by atomic mass is 16.5. The zero-order valence-electron chi connectivity index (χ0n) is 17.0. The quantitative estimate of drug-likeness (QED) is 0.691. The van der Waals surface area contributed by atoms with Crippen LogP contribution in [0.2, 0.25) is 0 Å². The number of imidazole rings is 1. The maximum absolute atomic E-state index is 11.4. The third-order valence-corrected chi connectivity index (χ3v) is 5.82. The fourth-order valence-corrected chi connectivity index (χ4v) is 4.17. The maximum Gasteiger partial charge on any atom is 0.335 e. The molecule has 6 heteroatoms. The molecule has 1 aliphatic rings. The first kappa shape index (κ1) is 19.6. The zero-order valence-corrected chi connectivity index (χ0v) is 17.0. The Morgan fingerprint density at radius 2 is 2.00 bits per heavy atom. The first-order valence-electron chi connectivity index (χ1n) is 10.1. The molecule has 0 saturated carbocycles. The van der Waals surface area contributed by atoms with Crippen LogP contribution in [0, 0.1) is 0 Å². The van der Waals surface area contributed by atoms with Gasteiger partial charge in [0.05, 0.1) is 23.2 Å². The van der Waals surface area contributed by atoms with Gasteiger partial charge in [-0.2, -0.15) is 0 Å². The summed E-state index contributed by atoms with van der Waals surface area (Å²) in [5.74, 6) is 0.510. The smallest absolute Gasteiger partial charge is 0.335 e. The minimum atomic E-state index is -0.941. The number of likely N-dealkylation sites (tertiary alicyclic amines) is 1.